The number of methoxy groups -OCH3 is 1. The lowest BCUT2D eigenvalue weighted by molar-refractivity contribution is 0.277. The number of para-hydroxylation sites is 1. The fraction of sp³-hybridized carbons (Fsp3) is 0.143. The van der Waals surface area contributed by atoms with Crippen molar-refractivity contribution in [3.63, 3.8) is 0 Å². The molecule has 2 N–H and O–H groups in total. The van der Waals surface area contributed by atoms with Gasteiger partial charge in [0.2, 0.25) is 0 Å². The molecule has 2 rings (SSSR count). The Bertz CT molecular complexity index is 468. The zero-order valence-electron chi connectivity index (χ0n) is 10.3. The molecule has 0 saturated heterocycles. The number of hydrogen-bond acceptors (Lipinski definition) is 4. The van der Waals surface area contributed by atoms with Crippen molar-refractivity contribution in [2.75, 3.05) is 14.2 Å². The maximum absolute atomic E-state index is 9.25. The fourth-order valence-electron chi connectivity index (χ4n) is 1.19. The molecule has 0 saturated carbocycles. The molecule has 96 valence electrons. The average molecular weight is 248 g/mol. The van der Waals surface area contributed by atoms with Crippen LogP contribution >= 0.6 is 0 Å². The molecule has 0 spiro atoms. The first kappa shape index (κ1) is 13.9. The van der Waals surface area contributed by atoms with Gasteiger partial charge in [0.05, 0.1) is 0 Å². The lowest BCUT2D eigenvalue weighted by Gasteiger charge is -2.06. The monoisotopic (exact) mass is 248 g/mol. The summed E-state index contributed by atoms with van der Waals surface area (Å²) in [7, 11) is 3.25. The molecule has 2 aromatic rings. The minimum Gasteiger partial charge on any atom is -0.504 e. The maximum atomic E-state index is 9.25. The van der Waals surface area contributed by atoms with Gasteiger partial charge in [0.15, 0.2) is 11.5 Å². The number of ether oxygens (including phenoxy) is 2. The van der Waals surface area contributed by atoms with Crippen molar-refractivity contribution < 1.29 is 19.7 Å². The van der Waals surface area contributed by atoms with Gasteiger partial charge in [-0.3, -0.25) is 0 Å². The van der Waals surface area contributed by atoms with E-state index in [4.69, 9.17) is 9.84 Å². The summed E-state index contributed by atoms with van der Waals surface area (Å²) in [5.74, 6) is 0.818. The van der Waals surface area contributed by atoms with E-state index in [1.807, 2.05) is 30.3 Å². The van der Waals surface area contributed by atoms with Gasteiger partial charge in [0.25, 0.3) is 0 Å². The molecule has 4 nitrogen and oxygen atoms in total. The number of rotatable bonds is 2. The SMILES string of the molecule is COC.Oc1ccc(Oc2ccccc2)cc1O. The summed E-state index contributed by atoms with van der Waals surface area (Å²) in [5, 5.41) is 18.4. The predicted molar refractivity (Wildman–Crippen MR) is 69.2 cm³/mol. The summed E-state index contributed by atoms with van der Waals surface area (Å²) in [6, 6.07) is 13.6. The highest BCUT2D eigenvalue weighted by atomic mass is 16.5. The summed E-state index contributed by atoms with van der Waals surface area (Å²) in [6.07, 6.45) is 0. The molecule has 0 aliphatic carbocycles. The molecule has 0 aliphatic heterocycles. The van der Waals surface area contributed by atoms with Gasteiger partial charge in [0, 0.05) is 20.3 Å². The smallest absolute Gasteiger partial charge is 0.161 e. The standard InChI is InChI=1S/C12H10O3.C2H6O/c13-11-7-6-10(8-12(11)14)15-9-4-2-1-3-5-9;1-3-2/h1-8,13-14H;1-2H3. The van der Waals surface area contributed by atoms with Crippen molar-refractivity contribution in [2.45, 2.75) is 0 Å². The maximum Gasteiger partial charge on any atom is 0.161 e. The van der Waals surface area contributed by atoms with E-state index in [2.05, 4.69) is 4.74 Å². The van der Waals surface area contributed by atoms with Crippen LogP contribution in [0, 0.1) is 0 Å². The van der Waals surface area contributed by atoms with Gasteiger partial charge in [-0.1, -0.05) is 18.2 Å². The van der Waals surface area contributed by atoms with Crippen LogP contribution < -0.4 is 4.74 Å². The van der Waals surface area contributed by atoms with Crippen LogP contribution in [0.15, 0.2) is 48.5 Å². The molecule has 0 amide bonds. The molecule has 0 fully saturated rings. The third kappa shape index (κ3) is 4.35. The third-order valence-electron chi connectivity index (χ3n) is 1.93. The second-order valence-corrected chi connectivity index (χ2v) is 3.47. The number of hydrogen-bond donors (Lipinski definition) is 2. The molecule has 0 bridgehead atoms. The van der Waals surface area contributed by atoms with E-state index in [-0.39, 0.29) is 11.5 Å². The highest BCUT2D eigenvalue weighted by molar-refractivity contribution is 5.44. The van der Waals surface area contributed by atoms with Crippen LogP contribution in [-0.2, 0) is 4.74 Å². The van der Waals surface area contributed by atoms with Crippen molar-refractivity contribution in [3.05, 3.63) is 48.5 Å². The Hall–Kier alpha value is -2.20. The molecular weight excluding hydrogens is 232 g/mol. The Morgan fingerprint density at radius 1 is 0.778 bits per heavy atom. The number of phenolic OH excluding ortho intramolecular Hbond substituents is 2. The Kier molecular flexibility index (Phi) is 5.54. The molecule has 0 radical (unpaired) electrons. The number of phenols is 2. The van der Waals surface area contributed by atoms with E-state index >= 15 is 0 Å². The van der Waals surface area contributed by atoms with E-state index < -0.39 is 0 Å². The van der Waals surface area contributed by atoms with E-state index in [0.29, 0.717) is 11.5 Å². The van der Waals surface area contributed by atoms with Crippen LogP contribution in [0.4, 0.5) is 0 Å². The van der Waals surface area contributed by atoms with Gasteiger partial charge in [-0.05, 0) is 24.3 Å². The molecular formula is C14H16O4. The molecule has 0 atom stereocenters. The normalized spacial score (nSPS) is 9.22. The van der Waals surface area contributed by atoms with E-state index in [9.17, 15) is 5.11 Å². The first-order chi connectivity index (χ1) is 8.67. The molecule has 4 heteroatoms. The van der Waals surface area contributed by atoms with Crippen molar-refractivity contribution in [1.29, 1.82) is 0 Å². The minimum absolute atomic E-state index is 0.157. The van der Waals surface area contributed by atoms with E-state index in [1.165, 1.54) is 12.1 Å². The lowest BCUT2D eigenvalue weighted by Crippen LogP contribution is -1.82. The molecule has 0 unspecified atom stereocenters. The van der Waals surface area contributed by atoms with Crippen molar-refractivity contribution in [1.82, 2.24) is 0 Å². The fourth-order valence-corrected chi connectivity index (χ4v) is 1.19. The number of aromatic hydroxyl groups is 2. The quantitative estimate of drug-likeness (QED) is 0.801. The van der Waals surface area contributed by atoms with Crippen LogP contribution in [0.1, 0.15) is 0 Å². The van der Waals surface area contributed by atoms with Gasteiger partial charge >= 0.3 is 0 Å². The van der Waals surface area contributed by atoms with Gasteiger partial charge in [-0.2, -0.15) is 0 Å². The van der Waals surface area contributed by atoms with Crippen molar-refractivity contribution in [3.8, 4) is 23.0 Å². The van der Waals surface area contributed by atoms with Crippen molar-refractivity contribution in [2.24, 2.45) is 0 Å². The minimum atomic E-state index is -0.191. The average Bonchev–Trinajstić information content (AvgIpc) is 2.36. The summed E-state index contributed by atoms with van der Waals surface area (Å²) < 4.78 is 9.69. The van der Waals surface area contributed by atoms with Crippen LogP contribution in [0.2, 0.25) is 0 Å². The largest absolute Gasteiger partial charge is 0.504 e. The lowest BCUT2D eigenvalue weighted by atomic mass is 10.3. The first-order valence-electron chi connectivity index (χ1n) is 5.32. The van der Waals surface area contributed by atoms with Crippen LogP contribution in [0.5, 0.6) is 23.0 Å². The van der Waals surface area contributed by atoms with E-state index in [1.54, 1.807) is 20.3 Å². The molecule has 2 aromatic carbocycles. The zero-order chi connectivity index (χ0) is 13.4. The van der Waals surface area contributed by atoms with Crippen LogP contribution in [0.25, 0.3) is 0 Å². The molecule has 0 aromatic heterocycles. The van der Waals surface area contributed by atoms with Gasteiger partial charge in [-0.25, -0.2) is 0 Å². The van der Waals surface area contributed by atoms with Gasteiger partial charge < -0.3 is 19.7 Å². The third-order valence-corrected chi connectivity index (χ3v) is 1.93. The number of benzene rings is 2. The molecule has 0 heterocycles. The Morgan fingerprint density at radius 3 is 1.94 bits per heavy atom. The Morgan fingerprint density at radius 2 is 1.39 bits per heavy atom. The summed E-state index contributed by atoms with van der Waals surface area (Å²) >= 11 is 0. The van der Waals surface area contributed by atoms with Crippen LogP contribution in [0.3, 0.4) is 0 Å². The first-order valence-corrected chi connectivity index (χ1v) is 5.32. The summed E-state index contributed by atoms with van der Waals surface area (Å²) in [5.41, 5.74) is 0. The Balaban J connectivity index is 0.000000492. The predicted octanol–water partition coefficient (Wildman–Crippen LogP) is 3.15. The van der Waals surface area contributed by atoms with E-state index in [0.717, 1.165) is 0 Å². The summed E-state index contributed by atoms with van der Waals surface area (Å²) in [6.45, 7) is 0. The second-order valence-electron chi connectivity index (χ2n) is 3.47. The van der Waals surface area contributed by atoms with Gasteiger partial charge in [-0.15, -0.1) is 0 Å². The highest BCUT2D eigenvalue weighted by Crippen LogP contribution is 2.31. The second kappa shape index (κ2) is 7.19. The topological polar surface area (TPSA) is 58.9 Å². The Labute approximate surface area is 106 Å². The van der Waals surface area contributed by atoms with Crippen LogP contribution in [-0.4, -0.2) is 24.4 Å². The zero-order valence-corrected chi connectivity index (χ0v) is 10.3. The summed E-state index contributed by atoms with van der Waals surface area (Å²) in [4.78, 5) is 0. The highest BCUT2D eigenvalue weighted by Gasteiger charge is 2.01. The van der Waals surface area contributed by atoms with Crippen molar-refractivity contribution >= 4 is 0 Å². The van der Waals surface area contributed by atoms with Gasteiger partial charge in [0.1, 0.15) is 11.5 Å². The molecule has 18 heavy (non-hydrogen) atoms. The molecule has 0 aliphatic rings.